The Balaban J connectivity index is 1.99. The summed E-state index contributed by atoms with van der Waals surface area (Å²) in [6, 6.07) is 0.429. The molecule has 1 aliphatic carbocycles. The zero-order valence-corrected chi connectivity index (χ0v) is 14.8. The first-order chi connectivity index (χ1) is 9.27. The Hall–Kier alpha value is -0.410. The van der Waals surface area contributed by atoms with Crippen LogP contribution >= 0.6 is 11.3 Å². The monoisotopic (exact) mass is 294 g/mol. The molecule has 1 atom stereocenters. The Kier molecular flexibility index (Phi) is 4.60. The molecule has 114 valence electrons. The van der Waals surface area contributed by atoms with Crippen LogP contribution in [0.5, 0.6) is 0 Å². The van der Waals surface area contributed by atoms with Crippen LogP contribution in [0.1, 0.15) is 81.9 Å². The third-order valence-corrected chi connectivity index (χ3v) is 6.15. The van der Waals surface area contributed by atoms with E-state index in [2.05, 4.69) is 46.9 Å². The van der Waals surface area contributed by atoms with Gasteiger partial charge in [-0.05, 0) is 38.5 Å². The first kappa shape index (κ1) is 16.0. The summed E-state index contributed by atoms with van der Waals surface area (Å²) in [4.78, 5) is 6.20. The summed E-state index contributed by atoms with van der Waals surface area (Å²) in [6.45, 7) is 14.6. The van der Waals surface area contributed by atoms with Gasteiger partial charge >= 0.3 is 0 Å². The van der Waals surface area contributed by atoms with Crippen molar-refractivity contribution in [2.75, 3.05) is 6.54 Å². The van der Waals surface area contributed by atoms with Crippen molar-refractivity contribution in [3.05, 3.63) is 15.6 Å². The van der Waals surface area contributed by atoms with Gasteiger partial charge in [-0.2, -0.15) is 0 Å². The van der Waals surface area contributed by atoms with Crippen LogP contribution in [0.3, 0.4) is 0 Å². The van der Waals surface area contributed by atoms with Crippen LogP contribution in [0, 0.1) is 12.3 Å². The Labute approximate surface area is 128 Å². The Bertz CT molecular complexity index is 452. The van der Waals surface area contributed by atoms with Crippen LogP contribution in [0.4, 0.5) is 0 Å². The summed E-state index contributed by atoms with van der Waals surface area (Å²) in [5.74, 6) is 0. The second-order valence-electron chi connectivity index (χ2n) is 7.57. The van der Waals surface area contributed by atoms with Crippen molar-refractivity contribution in [2.45, 2.75) is 78.7 Å². The van der Waals surface area contributed by atoms with Crippen molar-refractivity contribution in [1.29, 1.82) is 0 Å². The number of aromatic nitrogens is 1. The lowest BCUT2D eigenvalue weighted by Gasteiger charge is -2.19. The fourth-order valence-corrected chi connectivity index (χ4v) is 3.97. The van der Waals surface area contributed by atoms with Crippen molar-refractivity contribution in [3.63, 3.8) is 0 Å². The first-order valence-electron chi connectivity index (χ1n) is 7.99. The molecule has 0 aliphatic heterocycles. The molecular formula is C17H30N2S. The maximum atomic E-state index is 4.78. The highest BCUT2D eigenvalue weighted by molar-refractivity contribution is 7.12. The molecule has 1 saturated carbocycles. The molecule has 1 aromatic rings. The van der Waals surface area contributed by atoms with Crippen molar-refractivity contribution in [1.82, 2.24) is 10.3 Å². The van der Waals surface area contributed by atoms with Crippen LogP contribution in [-0.4, -0.2) is 11.5 Å². The number of nitrogens with one attached hydrogen (secondary N) is 1. The predicted molar refractivity (Wildman–Crippen MR) is 88.5 cm³/mol. The molecule has 0 aromatic carbocycles. The minimum Gasteiger partial charge on any atom is -0.309 e. The predicted octanol–water partition coefficient (Wildman–Crippen LogP) is 4.98. The largest absolute Gasteiger partial charge is 0.309 e. The molecule has 1 heterocycles. The van der Waals surface area contributed by atoms with Gasteiger partial charge < -0.3 is 5.32 Å². The minimum absolute atomic E-state index is 0.160. The molecule has 1 fully saturated rings. The number of rotatable bonds is 6. The maximum Gasteiger partial charge on any atom is 0.0985 e. The summed E-state index contributed by atoms with van der Waals surface area (Å²) in [5, 5.41) is 5.02. The van der Waals surface area contributed by atoms with Crippen molar-refractivity contribution in [3.8, 4) is 0 Å². The minimum atomic E-state index is 0.160. The molecular weight excluding hydrogens is 264 g/mol. The van der Waals surface area contributed by atoms with Crippen molar-refractivity contribution in [2.24, 2.45) is 5.41 Å². The maximum absolute atomic E-state index is 4.78. The Morgan fingerprint density at radius 2 is 2.00 bits per heavy atom. The molecule has 0 amide bonds. The standard InChI is InChI=1S/C17H30N2S/c1-7-8-17(9-10-17)11-18-12(2)14-13(3)19-15(20-14)16(4,5)6/h12,18H,7-11H2,1-6H3. The van der Waals surface area contributed by atoms with E-state index in [1.54, 1.807) is 0 Å². The zero-order chi connectivity index (χ0) is 15.0. The zero-order valence-electron chi connectivity index (χ0n) is 14.0. The van der Waals surface area contributed by atoms with E-state index >= 15 is 0 Å². The molecule has 1 unspecified atom stereocenters. The van der Waals surface area contributed by atoms with Gasteiger partial charge in [-0.1, -0.05) is 34.1 Å². The summed E-state index contributed by atoms with van der Waals surface area (Å²) in [6.07, 6.45) is 5.51. The van der Waals surface area contributed by atoms with Gasteiger partial charge in [0, 0.05) is 22.9 Å². The highest BCUT2D eigenvalue weighted by Gasteiger charge is 2.41. The number of hydrogen-bond acceptors (Lipinski definition) is 3. The van der Waals surface area contributed by atoms with Crippen molar-refractivity contribution >= 4 is 11.3 Å². The fraction of sp³-hybridized carbons (Fsp3) is 0.824. The van der Waals surface area contributed by atoms with Crippen LogP contribution in [0.25, 0.3) is 0 Å². The van der Waals surface area contributed by atoms with Crippen LogP contribution in [-0.2, 0) is 5.41 Å². The van der Waals surface area contributed by atoms with Gasteiger partial charge in [0.2, 0.25) is 0 Å². The molecule has 20 heavy (non-hydrogen) atoms. The average molecular weight is 295 g/mol. The van der Waals surface area contributed by atoms with E-state index in [1.807, 2.05) is 11.3 Å². The summed E-state index contributed by atoms with van der Waals surface area (Å²) < 4.78 is 0. The third-order valence-electron chi connectivity index (χ3n) is 4.39. The van der Waals surface area contributed by atoms with Gasteiger partial charge in [-0.25, -0.2) is 4.98 Å². The number of thiazole rings is 1. The molecule has 3 heteroatoms. The second-order valence-corrected chi connectivity index (χ2v) is 8.60. The van der Waals surface area contributed by atoms with E-state index in [1.165, 1.54) is 47.8 Å². The van der Waals surface area contributed by atoms with Gasteiger partial charge in [0.25, 0.3) is 0 Å². The highest BCUT2D eigenvalue weighted by atomic mass is 32.1. The fourth-order valence-electron chi connectivity index (χ4n) is 2.82. The Morgan fingerprint density at radius 3 is 2.45 bits per heavy atom. The summed E-state index contributed by atoms with van der Waals surface area (Å²) in [7, 11) is 0. The molecule has 0 radical (unpaired) electrons. The summed E-state index contributed by atoms with van der Waals surface area (Å²) in [5.41, 5.74) is 1.99. The highest BCUT2D eigenvalue weighted by Crippen LogP contribution is 2.49. The van der Waals surface area contributed by atoms with Gasteiger partial charge in [-0.3, -0.25) is 0 Å². The molecule has 1 aliphatic rings. The van der Waals surface area contributed by atoms with Gasteiger partial charge in [0.1, 0.15) is 0 Å². The van der Waals surface area contributed by atoms with E-state index in [0.29, 0.717) is 11.5 Å². The lowest BCUT2D eigenvalue weighted by molar-refractivity contribution is 0.398. The van der Waals surface area contributed by atoms with Gasteiger partial charge in [-0.15, -0.1) is 11.3 Å². The molecule has 0 spiro atoms. The van der Waals surface area contributed by atoms with Gasteiger partial charge in [0.05, 0.1) is 10.7 Å². The molecule has 0 saturated heterocycles. The molecule has 0 bridgehead atoms. The van der Waals surface area contributed by atoms with E-state index in [0.717, 1.165) is 0 Å². The van der Waals surface area contributed by atoms with E-state index in [-0.39, 0.29) is 5.41 Å². The number of aryl methyl sites for hydroxylation is 1. The van der Waals surface area contributed by atoms with Crippen LogP contribution in [0.15, 0.2) is 0 Å². The van der Waals surface area contributed by atoms with Gasteiger partial charge in [0.15, 0.2) is 0 Å². The van der Waals surface area contributed by atoms with E-state index in [4.69, 9.17) is 4.98 Å². The normalized spacial score (nSPS) is 19.1. The molecule has 1 aromatic heterocycles. The van der Waals surface area contributed by atoms with Crippen molar-refractivity contribution < 1.29 is 0 Å². The number of hydrogen-bond donors (Lipinski definition) is 1. The average Bonchev–Trinajstić information content (AvgIpc) is 2.99. The SMILES string of the molecule is CCCC1(CNC(C)c2sc(C(C)(C)C)nc2C)CC1. The molecule has 1 N–H and O–H groups in total. The molecule has 2 rings (SSSR count). The third kappa shape index (κ3) is 3.62. The van der Waals surface area contributed by atoms with E-state index < -0.39 is 0 Å². The van der Waals surface area contributed by atoms with Crippen LogP contribution in [0.2, 0.25) is 0 Å². The lowest BCUT2D eigenvalue weighted by Crippen LogP contribution is -2.26. The topological polar surface area (TPSA) is 24.9 Å². The Morgan fingerprint density at radius 1 is 1.35 bits per heavy atom. The lowest BCUT2D eigenvalue weighted by atomic mass is 9.98. The second kappa shape index (κ2) is 5.76. The quantitative estimate of drug-likeness (QED) is 0.800. The smallest absolute Gasteiger partial charge is 0.0985 e. The first-order valence-corrected chi connectivity index (χ1v) is 8.80. The molecule has 2 nitrogen and oxygen atoms in total. The van der Waals surface area contributed by atoms with Crippen LogP contribution < -0.4 is 5.32 Å². The number of nitrogens with zero attached hydrogens (tertiary/aromatic N) is 1. The summed E-state index contributed by atoms with van der Waals surface area (Å²) >= 11 is 1.89. The van der Waals surface area contributed by atoms with E-state index in [9.17, 15) is 0 Å².